The van der Waals surface area contributed by atoms with Crippen LogP contribution >= 0.6 is 0 Å². The van der Waals surface area contributed by atoms with Crippen molar-refractivity contribution in [2.24, 2.45) is 5.92 Å². The Hall–Kier alpha value is -1.19. The Bertz CT molecular complexity index is 465. The van der Waals surface area contributed by atoms with E-state index in [1.165, 1.54) is 38.5 Å². The van der Waals surface area contributed by atoms with Crippen LogP contribution in [0.5, 0.6) is 0 Å². The molecule has 2 aliphatic carbocycles. The van der Waals surface area contributed by atoms with Crippen LogP contribution in [0.1, 0.15) is 94.7 Å². The molecule has 0 atom stereocenters. The molecule has 0 bridgehead atoms. The maximum absolute atomic E-state index is 11.3. The van der Waals surface area contributed by atoms with Gasteiger partial charge in [0.2, 0.25) is 5.89 Å². The molecule has 116 valence electrons. The summed E-state index contributed by atoms with van der Waals surface area (Å²) in [5.41, 5.74) is 0. The quantitative estimate of drug-likeness (QED) is 0.826. The van der Waals surface area contributed by atoms with Gasteiger partial charge in [0, 0.05) is 24.7 Å². The van der Waals surface area contributed by atoms with Gasteiger partial charge < -0.3 is 4.52 Å². The summed E-state index contributed by atoms with van der Waals surface area (Å²) in [5.74, 6) is 3.76. The van der Waals surface area contributed by atoms with Crippen LogP contribution in [0.3, 0.4) is 0 Å². The summed E-state index contributed by atoms with van der Waals surface area (Å²) in [6.07, 6.45) is 10.8. The van der Waals surface area contributed by atoms with Gasteiger partial charge in [0.15, 0.2) is 5.82 Å². The van der Waals surface area contributed by atoms with E-state index in [-0.39, 0.29) is 0 Å². The Morgan fingerprint density at radius 2 is 1.76 bits per heavy atom. The maximum atomic E-state index is 11.3. The van der Waals surface area contributed by atoms with Gasteiger partial charge in [-0.15, -0.1) is 0 Å². The predicted octanol–water partition coefficient (Wildman–Crippen LogP) is 4.37. The summed E-state index contributed by atoms with van der Waals surface area (Å²) in [5, 5.41) is 4.23. The average molecular weight is 290 g/mol. The summed E-state index contributed by atoms with van der Waals surface area (Å²) >= 11 is 0. The lowest BCUT2D eigenvalue weighted by atomic mass is 9.80. The molecular formula is C17H26N2O2. The number of nitrogens with zero attached hydrogens (tertiary/aromatic N) is 2. The van der Waals surface area contributed by atoms with Gasteiger partial charge in [-0.05, 0) is 44.4 Å². The number of carbonyl (C=O) groups excluding carboxylic acids is 1. The van der Waals surface area contributed by atoms with E-state index in [1.807, 2.05) is 0 Å². The third-order valence-electron chi connectivity index (χ3n) is 5.26. The van der Waals surface area contributed by atoms with Crippen molar-refractivity contribution in [3.8, 4) is 0 Å². The minimum atomic E-state index is 0.306. The number of hydrogen-bond donors (Lipinski definition) is 0. The first kappa shape index (κ1) is 14.7. The Morgan fingerprint density at radius 1 is 1.05 bits per heavy atom. The lowest BCUT2D eigenvalue weighted by Gasteiger charge is -2.26. The summed E-state index contributed by atoms with van der Waals surface area (Å²) < 4.78 is 5.49. The predicted molar refractivity (Wildman–Crippen MR) is 80.1 cm³/mol. The van der Waals surface area contributed by atoms with Crippen molar-refractivity contribution in [3.63, 3.8) is 0 Å². The highest BCUT2D eigenvalue weighted by atomic mass is 16.5. The second-order valence-corrected chi connectivity index (χ2v) is 6.81. The molecule has 4 nitrogen and oxygen atoms in total. The van der Waals surface area contributed by atoms with Gasteiger partial charge >= 0.3 is 0 Å². The van der Waals surface area contributed by atoms with Crippen molar-refractivity contribution in [1.29, 1.82) is 0 Å². The van der Waals surface area contributed by atoms with Gasteiger partial charge in [-0.25, -0.2) is 0 Å². The standard InChI is InChI=1S/C17H26N2O2/c1-2-3-12-4-6-13(7-5-12)16-18-17(21-19-16)14-8-10-15(20)11-9-14/h12-14H,2-11H2,1H3. The number of carbonyl (C=O) groups is 1. The van der Waals surface area contributed by atoms with Gasteiger partial charge in [-0.2, -0.15) is 4.98 Å². The monoisotopic (exact) mass is 290 g/mol. The third-order valence-corrected chi connectivity index (χ3v) is 5.26. The third kappa shape index (κ3) is 3.53. The number of ketones is 1. The molecule has 0 aliphatic heterocycles. The fraction of sp³-hybridized carbons (Fsp3) is 0.824. The molecule has 0 N–H and O–H groups in total. The van der Waals surface area contributed by atoms with E-state index >= 15 is 0 Å². The molecule has 0 spiro atoms. The Labute approximate surface area is 126 Å². The van der Waals surface area contributed by atoms with Gasteiger partial charge in [0.05, 0.1) is 0 Å². The first-order valence-electron chi connectivity index (χ1n) is 8.61. The van der Waals surface area contributed by atoms with Crippen LogP contribution in [0.25, 0.3) is 0 Å². The average Bonchev–Trinajstić information content (AvgIpc) is 2.99. The fourth-order valence-electron chi connectivity index (χ4n) is 3.88. The molecule has 2 aliphatic rings. The molecule has 3 rings (SSSR count). The van der Waals surface area contributed by atoms with E-state index in [2.05, 4.69) is 17.1 Å². The normalized spacial score (nSPS) is 28.0. The number of aromatic nitrogens is 2. The summed E-state index contributed by atoms with van der Waals surface area (Å²) in [7, 11) is 0. The summed E-state index contributed by atoms with van der Waals surface area (Å²) in [6, 6.07) is 0. The first-order chi connectivity index (χ1) is 10.3. The molecule has 1 aromatic heterocycles. The van der Waals surface area contributed by atoms with Gasteiger partial charge in [0.25, 0.3) is 0 Å². The number of Topliss-reactive ketones (excluding diaryl/α,β-unsaturated/α-hetero) is 1. The van der Waals surface area contributed by atoms with Gasteiger partial charge in [0.1, 0.15) is 5.78 Å². The molecule has 2 saturated carbocycles. The summed E-state index contributed by atoms with van der Waals surface area (Å²) in [4.78, 5) is 16.0. The highest BCUT2D eigenvalue weighted by Crippen LogP contribution is 2.37. The summed E-state index contributed by atoms with van der Waals surface area (Å²) in [6.45, 7) is 2.27. The van der Waals surface area contributed by atoms with Crippen LogP contribution in [-0.4, -0.2) is 15.9 Å². The van der Waals surface area contributed by atoms with Crippen LogP contribution in [-0.2, 0) is 4.79 Å². The lowest BCUT2D eigenvalue weighted by Crippen LogP contribution is -2.15. The van der Waals surface area contributed by atoms with Crippen LogP contribution in [0.15, 0.2) is 4.52 Å². The van der Waals surface area contributed by atoms with Crippen LogP contribution in [0.2, 0.25) is 0 Å². The minimum absolute atomic E-state index is 0.306. The highest BCUT2D eigenvalue weighted by molar-refractivity contribution is 5.79. The largest absolute Gasteiger partial charge is 0.339 e. The van der Waals surface area contributed by atoms with E-state index < -0.39 is 0 Å². The van der Waals surface area contributed by atoms with E-state index in [4.69, 9.17) is 4.52 Å². The van der Waals surface area contributed by atoms with Crippen molar-refractivity contribution >= 4 is 5.78 Å². The molecule has 0 amide bonds. The molecule has 0 radical (unpaired) electrons. The Balaban J connectivity index is 1.57. The lowest BCUT2D eigenvalue weighted by molar-refractivity contribution is -0.120. The molecule has 0 unspecified atom stereocenters. The highest BCUT2D eigenvalue weighted by Gasteiger charge is 2.29. The van der Waals surface area contributed by atoms with Crippen LogP contribution in [0, 0.1) is 5.92 Å². The fourth-order valence-corrected chi connectivity index (χ4v) is 3.88. The number of hydrogen-bond acceptors (Lipinski definition) is 4. The van der Waals surface area contributed by atoms with E-state index in [9.17, 15) is 4.79 Å². The van der Waals surface area contributed by atoms with E-state index in [0.717, 1.165) is 30.5 Å². The number of rotatable bonds is 4. The van der Waals surface area contributed by atoms with Crippen LogP contribution in [0.4, 0.5) is 0 Å². The Morgan fingerprint density at radius 3 is 2.43 bits per heavy atom. The molecule has 1 heterocycles. The van der Waals surface area contributed by atoms with Crippen molar-refractivity contribution in [3.05, 3.63) is 11.7 Å². The van der Waals surface area contributed by atoms with Crippen molar-refractivity contribution in [1.82, 2.24) is 10.1 Å². The zero-order valence-corrected chi connectivity index (χ0v) is 13.0. The molecule has 0 saturated heterocycles. The Kier molecular flexibility index (Phi) is 4.71. The van der Waals surface area contributed by atoms with Crippen molar-refractivity contribution in [2.45, 2.75) is 83.0 Å². The second kappa shape index (κ2) is 6.71. The molecule has 21 heavy (non-hydrogen) atoms. The molecule has 1 aromatic rings. The SMILES string of the molecule is CCCC1CCC(c2noc(C3CCC(=O)CC3)n2)CC1. The molecular weight excluding hydrogens is 264 g/mol. The smallest absolute Gasteiger partial charge is 0.229 e. The van der Waals surface area contributed by atoms with E-state index in [0.29, 0.717) is 30.5 Å². The van der Waals surface area contributed by atoms with E-state index in [1.54, 1.807) is 0 Å². The molecule has 0 aromatic carbocycles. The van der Waals surface area contributed by atoms with Crippen molar-refractivity contribution < 1.29 is 9.32 Å². The first-order valence-corrected chi connectivity index (χ1v) is 8.61. The second-order valence-electron chi connectivity index (χ2n) is 6.81. The van der Waals surface area contributed by atoms with Crippen LogP contribution < -0.4 is 0 Å². The zero-order chi connectivity index (χ0) is 14.7. The van der Waals surface area contributed by atoms with Crippen molar-refractivity contribution in [2.75, 3.05) is 0 Å². The topological polar surface area (TPSA) is 56.0 Å². The maximum Gasteiger partial charge on any atom is 0.229 e. The van der Waals surface area contributed by atoms with Gasteiger partial charge in [-0.1, -0.05) is 24.9 Å². The molecule has 4 heteroatoms. The zero-order valence-electron chi connectivity index (χ0n) is 13.0. The van der Waals surface area contributed by atoms with Gasteiger partial charge in [-0.3, -0.25) is 4.79 Å². The minimum Gasteiger partial charge on any atom is -0.339 e. The molecule has 2 fully saturated rings.